The fraction of sp³-hybridized carbons (Fsp3) is 0.440. The first-order valence-electron chi connectivity index (χ1n) is 10.8. The Bertz CT molecular complexity index is 1010. The van der Waals surface area contributed by atoms with Gasteiger partial charge in [0.2, 0.25) is 0 Å². The van der Waals surface area contributed by atoms with Gasteiger partial charge in [0, 0.05) is 37.3 Å². The van der Waals surface area contributed by atoms with Gasteiger partial charge in [-0.2, -0.15) is 0 Å². The lowest BCUT2D eigenvalue weighted by atomic mass is 9.73. The number of benzene rings is 2. The first-order valence-corrected chi connectivity index (χ1v) is 10.8. The van der Waals surface area contributed by atoms with E-state index in [0.717, 1.165) is 18.4 Å². The number of hydrogen-bond acceptors (Lipinski definition) is 6. The van der Waals surface area contributed by atoms with Gasteiger partial charge in [-0.15, -0.1) is 0 Å². The fourth-order valence-corrected chi connectivity index (χ4v) is 5.00. The molecule has 1 unspecified atom stereocenters. The number of likely N-dealkylation sites (tertiary alicyclic amines) is 1. The molecule has 1 N–H and O–H groups in total. The summed E-state index contributed by atoms with van der Waals surface area (Å²) in [6, 6.07) is 14.3. The largest absolute Gasteiger partial charge is 0.493 e. The fourth-order valence-electron chi connectivity index (χ4n) is 5.00. The number of ether oxygens (including phenoxy) is 3. The van der Waals surface area contributed by atoms with Crippen molar-refractivity contribution in [3.05, 3.63) is 59.2 Å². The summed E-state index contributed by atoms with van der Waals surface area (Å²) in [6.07, 6.45) is 1.37. The van der Waals surface area contributed by atoms with E-state index < -0.39 is 11.5 Å². The van der Waals surface area contributed by atoms with E-state index in [-0.39, 0.29) is 12.0 Å². The van der Waals surface area contributed by atoms with Gasteiger partial charge in [-0.05, 0) is 35.7 Å². The number of carbonyl (C=O) groups excluding carboxylic acids is 1. The highest BCUT2D eigenvalue weighted by Crippen LogP contribution is 2.46. The van der Waals surface area contributed by atoms with Gasteiger partial charge in [-0.3, -0.25) is 0 Å². The molecule has 1 fully saturated rings. The maximum Gasteiger partial charge on any atom is 0.409 e. The van der Waals surface area contributed by atoms with E-state index >= 15 is 0 Å². The maximum absolute atomic E-state index is 12.3. The van der Waals surface area contributed by atoms with E-state index in [1.54, 1.807) is 18.9 Å². The summed E-state index contributed by atoms with van der Waals surface area (Å²) >= 11 is 0. The zero-order valence-electron chi connectivity index (χ0n) is 19.0. The van der Waals surface area contributed by atoms with E-state index in [2.05, 4.69) is 29.4 Å². The summed E-state index contributed by atoms with van der Waals surface area (Å²) in [6.45, 7) is 4.65. The molecule has 2 atom stereocenters. The minimum Gasteiger partial charge on any atom is -0.493 e. The van der Waals surface area contributed by atoms with Crippen molar-refractivity contribution in [2.24, 2.45) is 10.6 Å². The third-order valence-corrected chi connectivity index (χ3v) is 7.00. The number of rotatable bonds is 5. The van der Waals surface area contributed by atoms with Crippen LogP contribution >= 0.6 is 0 Å². The Balaban J connectivity index is 1.64. The highest BCUT2D eigenvalue weighted by atomic mass is 16.5. The quantitative estimate of drug-likeness (QED) is 0.429. The van der Waals surface area contributed by atoms with Crippen LogP contribution in [0.5, 0.6) is 11.5 Å². The zero-order chi connectivity index (χ0) is 22.9. The average molecular weight is 439 g/mol. The van der Waals surface area contributed by atoms with E-state index in [0.29, 0.717) is 30.3 Å². The van der Waals surface area contributed by atoms with Crippen molar-refractivity contribution in [3.63, 3.8) is 0 Å². The van der Waals surface area contributed by atoms with Gasteiger partial charge in [0.25, 0.3) is 0 Å². The third-order valence-electron chi connectivity index (χ3n) is 7.00. The lowest BCUT2D eigenvalue weighted by Gasteiger charge is -2.30. The predicted molar refractivity (Wildman–Crippen MR) is 121 cm³/mol. The first kappa shape index (κ1) is 22.0. The molecular weight excluding hydrogens is 408 g/mol. The molecule has 2 aromatic rings. The van der Waals surface area contributed by atoms with E-state index in [4.69, 9.17) is 14.2 Å². The molecule has 1 amide bonds. The van der Waals surface area contributed by atoms with E-state index in [1.807, 2.05) is 25.1 Å². The molecule has 1 aliphatic carbocycles. The van der Waals surface area contributed by atoms with Crippen LogP contribution in [0.2, 0.25) is 0 Å². The minimum atomic E-state index is -0.543. The number of methoxy groups -OCH3 is 2. The highest BCUT2D eigenvalue weighted by Gasteiger charge is 2.48. The van der Waals surface area contributed by atoms with E-state index in [1.165, 1.54) is 18.2 Å². The van der Waals surface area contributed by atoms with Gasteiger partial charge in [-0.1, -0.05) is 42.4 Å². The highest BCUT2D eigenvalue weighted by molar-refractivity contribution is 5.89. The van der Waals surface area contributed by atoms with Crippen LogP contribution < -0.4 is 9.47 Å². The van der Waals surface area contributed by atoms with Crippen LogP contribution in [-0.4, -0.2) is 55.3 Å². The molecule has 1 saturated heterocycles. The second-order valence-corrected chi connectivity index (χ2v) is 8.83. The third kappa shape index (κ3) is 3.87. The van der Waals surface area contributed by atoms with Crippen LogP contribution in [-0.2, 0) is 17.6 Å². The second-order valence-electron chi connectivity index (χ2n) is 8.83. The number of nitrogens with zero attached hydrogens (tertiary/aromatic N) is 2. The first-order chi connectivity index (χ1) is 15.4. The zero-order valence-corrected chi connectivity index (χ0v) is 19.0. The minimum absolute atomic E-state index is 0.0406. The Kier molecular flexibility index (Phi) is 6.00. The van der Waals surface area contributed by atoms with Gasteiger partial charge in [0.15, 0.2) is 11.5 Å². The number of oxime groups is 1. The van der Waals surface area contributed by atoms with Crippen molar-refractivity contribution < 1.29 is 24.2 Å². The molecule has 0 spiro atoms. The van der Waals surface area contributed by atoms with Crippen molar-refractivity contribution in [1.29, 1.82) is 0 Å². The van der Waals surface area contributed by atoms with Crippen LogP contribution in [0.1, 0.15) is 36.5 Å². The molecule has 7 heteroatoms. The lowest BCUT2D eigenvalue weighted by molar-refractivity contribution is 0.130. The molecule has 170 valence electrons. The van der Waals surface area contributed by atoms with Gasteiger partial charge >= 0.3 is 6.09 Å². The van der Waals surface area contributed by atoms with Gasteiger partial charge in [0.05, 0.1) is 19.9 Å². The van der Waals surface area contributed by atoms with Crippen LogP contribution in [0, 0.1) is 5.41 Å². The van der Waals surface area contributed by atoms with Crippen LogP contribution in [0.25, 0.3) is 0 Å². The van der Waals surface area contributed by atoms with Gasteiger partial charge in [0.1, 0.15) is 6.10 Å². The summed E-state index contributed by atoms with van der Waals surface area (Å²) < 4.78 is 16.9. The summed E-state index contributed by atoms with van der Waals surface area (Å²) in [5, 5.41) is 13.0. The normalized spacial score (nSPS) is 23.2. The van der Waals surface area contributed by atoms with Crippen molar-refractivity contribution in [1.82, 2.24) is 4.90 Å². The standard InChI is InChI=1S/C25H30N2O5/c1-16(26-29)25(2)15-27(24(28)31-4)14-21(25)19-9-10-22(30-3)23(13-19)32-20-11-17-7-5-6-8-18(17)12-20/h5-10,13,20-21,29H,11-12,14-15H2,1-4H3/b26-16-/t21?,25-/m0/s1. The number of carbonyl (C=O) groups is 1. The number of amides is 1. The molecule has 4 rings (SSSR count). The van der Waals surface area contributed by atoms with Crippen molar-refractivity contribution in [2.75, 3.05) is 27.3 Å². The topological polar surface area (TPSA) is 80.6 Å². The van der Waals surface area contributed by atoms with Crippen molar-refractivity contribution in [2.45, 2.75) is 38.7 Å². The molecule has 2 aromatic carbocycles. The van der Waals surface area contributed by atoms with Gasteiger partial charge < -0.3 is 24.3 Å². The van der Waals surface area contributed by atoms with Crippen molar-refractivity contribution >= 4 is 11.8 Å². The Morgan fingerprint density at radius 1 is 1.12 bits per heavy atom. The molecule has 1 heterocycles. The van der Waals surface area contributed by atoms with Gasteiger partial charge in [-0.25, -0.2) is 4.79 Å². The van der Waals surface area contributed by atoms with Crippen LogP contribution in [0.3, 0.4) is 0 Å². The monoisotopic (exact) mass is 438 g/mol. The molecule has 32 heavy (non-hydrogen) atoms. The van der Waals surface area contributed by atoms with E-state index in [9.17, 15) is 10.0 Å². The second kappa shape index (κ2) is 8.73. The predicted octanol–water partition coefficient (Wildman–Crippen LogP) is 4.26. The molecule has 0 radical (unpaired) electrons. The Hall–Kier alpha value is -3.22. The number of fused-ring (bicyclic) bond motifs is 1. The lowest BCUT2D eigenvalue weighted by Crippen LogP contribution is -2.35. The average Bonchev–Trinajstić information content (AvgIpc) is 3.39. The van der Waals surface area contributed by atoms with Crippen LogP contribution in [0.4, 0.5) is 4.79 Å². The number of hydrogen-bond donors (Lipinski definition) is 1. The molecular formula is C25H30N2O5. The molecule has 1 aliphatic heterocycles. The molecule has 7 nitrogen and oxygen atoms in total. The summed E-state index contributed by atoms with van der Waals surface area (Å²) in [4.78, 5) is 13.9. The molecule has 0 bridgehead atoms. The molecule has 0 saturated carbocycles. The molecule has 2 aliphatic rings. The SMILES string of the molecule is COC(=O)N1CC(c2ccc(OC)c(OC3Cc4ccccc4C3)c2)[C@](C)(/C(C)=N\O)C1. The summed E-state index contributed by atoms with van der Waals surface area (Å²) in [5.41, 5.74) is 3.66. The maximum atomic E-state index is 12.3. The smallest absolute Gasteiger partial charge is 0.409 e. The Labute approximate surface area is 188 Å². The summed E-state index contributed by atoms with van der Waals surface area (Å²) in [7, 11) is 3.01. The van der Waals surface area contributed by atoms with Crippen molar-refractivity contribution in [3.8, 4) is 11.5 Å². The summed E-state index contributed by atoms with van der Waals surface area (Å²) in [5.74, 6) is 1.26. The Morgan fingerprint density at radius 2 is 1.81 bits per heavy atom. The molecule has 0 aromatic heterocycles. The Morgan fingerprint density at radius 3 is 2.41 bits per heavy atom. The van der Waals surface area contributed by atoms with Crippen LogP contribution in [0.15, 0.2) is 47.6 Å².